The van der Waals surface area contributed by atoms with E-state index in [0.29, 0.717) is 28.3 Å². The van der Waals surface area contributed by atoms with Crippen LogP contribution < -0.4 is 0 Å². The average Bonchev–Trinajstić information content (AvgIpc) is 2.81. The molecule has 0 bridgehead atoms. The van der Waals surface area contributed by atoms with Crippen LogP contribution in [-0.4, -0.2) is 37.3 Å². The molecule has 0 radical (unpaired) electrons. The van der Waals surface area contributed by atoms with Gasteiger partial charge in [0.1, 0.15) is 11.5 Å². The van der Waals surface area contributed by atoms with Gasteiger partial charge in [0, 0.05) is 35.7 Å². The number of methoxy groups -OCH3 is 3. The second-order valence-electron chi connectivity index (χ2n) is 6.19. The first-order valence-corrected chi connectivity index (χ1v) is 9.22. The Morgan fingerprint density at radius 1 is 0.733 bits per heavy atom. The third-order valence-corrected chi connectivity index (χ3v) is 4.35. The summed E-state index contributed by atoms with van der Waals surface area (Å²) in [7, 11) is 4.48. The number of aromatic nitrogens is 2. The van der Waals surface area contributed by atoms with Gasteiger partial charge in [-0.1, -0.05) is 18.2 Å². The van der Waals surface area contributed by atoms with Gasteiger partial charge in [-0.15, -0.1) is 0 Å². The lowest BCUT2D eigenvalue weighted by atomic mass is 10.00. The zero-order chi connectivity index (χ0) is 21.3. The van der Waals surface area contributed by atoms with Gasteiger partial charge < -0.3 is 14.2 Å². The molecule has 0 amide bonds. The minimum atomic E-state index is -0.465. The largest absolute Gasteiger partial charge is 0.496 e. The molecule has 0 N–H and O–H groups in total. The van der Waals surface area contributed by atoms with Crippen LogP contribution in [0.5, 0.6) is 0 Å². The standard InChI is InChI=1S/C24H22N2O4/c1-28-22(15-18-8-4-6-12-25-18)17-10-11-20(24(27)30-3)21(14-17)23(29-2)16-19-9-5-7-13-26-19/h4-16H,1-3H3/b22-15+,23-16+. The van der Waals surface area contributed by atoms with E-state index in [0.717, 1.165) is 11.3 Å². The molecule has 0 saturated carbocycles. The Morgan fingerprint density at radius 2 is 1.33 bits per heavy atom. The summed E-state index contributed by atoms with van der Waals surface area (Å²) in [6, 6.07) is 16.5. The molecule has 2 aromatic heterocycles. The highest BCUT2D eigenvalue weighted by molar-refractivity contribution is 5.97. The summed E-state index contributed by atoms with van der Waals surface area (Å²) in [5.41, 5.74) is 3.15. The summed E-state index contributed by atoms with van der Waals surface area (Å²) in [6.07, 6.45) is 6.99. The van der Waals surface area contributed by atoms with Crippen molar-refractivity contribution in [3.8, 4) is 0 Å². The fourth-order valence-corrected chi connectivity index (χ4v) is 2.89. The van der Waals surface area contributed by atoms with Gasteiger partial charge in [-0.2, -0.15) is 0 Å². The van der Waals surface area contributed by atoms with Gasteiger partial charge in [-0.05, 0) is 36.4 Å². The SMILES string of the molecule is COC(=O)c1ccc(/C(=C\c2ccccn2)OC)cc1/C(=C\c1ccccn1)OC. The Bertz CT molecular complexity index is 1060. The van der Waals surface area contributed by atoms with Crippen LogP contribution in [0.2, 0.25) is 0 Å². The predicted octanol–water partition coefficient (Wildman–Crippen LogP) is 4.55. The highest BCUT2D eigenvalue weighted by atomic mass is 16.5. The minimum Gasteiger partial charge on any atom is -0.496 e. The van der Waals surface area contributed by atoms with E-state index in [4.69, 9.17) is 14.2 Å². The fraction of sp³-hybridized carbons (Fsp3) is 0.125. The molecule has 6 heteroatoms. The van der Waals surface area contributed by atoms with E-state index in [-0.39, 0.29) is 0 Å². The van der Waals surface area contributed by atoms with E-state index in [1.165, 1.54) is 7.11 Å². The molecule has 0 atom stereocenters. The molecule has 6 nitrogen and oxygen atoms in total. The molecule has 1 aromatic carbocycles. The lowest BCUT2D eigenvalue weighted by molar-refractivity contribution is 0.0600. The van der Waals surface area contributed by atoms with Crippen molar-refractivity contribution in [1.82, 2.24) is 9.97 Å². The van der Waals surface area contributed by atoms with Crippen LogP contribution in [-0.2, 0) is 14.2 Å². The molecule has 3 rings (SSSR count). The number of carbonyl (C=O) groups is 1. The molecular formula is C24H22N2O4. The zero-order valence-corrected chi connectivity index (χ0v) is 17.0. The maximum absolute atomic E-state index is 12.4. The van der Waals surface area contributed by atoms with Crippen molar-refractivity contribution in [2.75, 3.05) is 21.3 Å². The summed E-state index contributed by atoms with van der Waals surface area (Å²) in [4.78, 5) is 21.0. The van der Waals surface area contributed by atoms with Crippen molar-refractivity contribution < 1.29 is 19.0 Å². The van der Waals surface area contributed by atoms with Crippen molar-refractivity contribution in [2.24, 2.45) is 0 Å². The zero-order valence-electron chi connectivity index (χ0n) is 17.0. The van der Waals surface area contributed by atoms with Crippen molar-refractivity contribution in [2.45, 2.75) is 0 Å². The molecule has 152 valence electrons. The number of pyridine rings is 2. The molecule has 0 unspecified atom stereocenters. The van der Waals surface area contributed by atoms with Gasteiger partial charge in [0.05, 0.1) is 38.3 Å². The molecule has 0 aliphatic rings. The summed E-state index contributed by atoms with van der Waals surface area (Å²) in [5, 5.41) is 0. The van der Waals surface area contributed by atoms with E-state index in [1.807, 2.05) is 48.5 Å². The lowest BCUT2D eigenvalue weighted by Crippen LogP contribution is -2.07. The second-order valence-corrected chi connectivity index (χ2v) is 6.19. The first-order chi connectivity index (χ1) is 14.7. The van der Waals surface area contributed by atoms with Gasteiger partial charge in [-0.25, -0.2) is 4.79 Å². The van der Waals surface area contributed by atoms with E-state index in [9.17, 15) is 4.79 Å². The summed E-state index contributed by atoms with van der Waals surface area (Å²) in [5.74, 6) is 0.608. The number of hydrogen-bond acceptors (Lipinski definition) is 6. The molecular weight excluding hydrogens is 380 g/mol. The monoisotopic (exact) mass is 402 g/mol. The smallest absolute Gasteiger partial charge is 0.338 e. The maximum Gasteiger partial charge on any atom is 0.338 e. The number of hydrogen-bond donors (Lipinski definition) is 0. The molecule has 30 heavy (non-hydrogen) atoms. The Morgan fingerprint density at radius 3 is 1.83 bits per heavy atom. The third-order valence-electron chi connectivity index (χ3n) is 4.35. The van der Waals surface area contributed by atoms with E-state index < -0.39 is 5.97 Å². The molecule has 0 fully saturated rings. The van der Waals surface area contributed by atoms with Crippen LogP contribution in [0.25, 0.3) is 23.7 Å². The van der Waals surface area contributed by atoms with Crippen LogP contribution in [0.4, 0.5) is 0 Å². The van der Waals surface area contributed by atoms with Gasteiger partial charge in [-0.3, -0.25) is 9.97 Å². The van der Waals surface area contributed by atoms with Crippen LogP contribution in [0.3, 0.4) is 0 Å². The highest BCUT2D eigenvalue weighted by Gasteiger charge is 2.18. The normalized spacial score (nSPS) is 11.7. The Balaban J connectivity index is 2.13. The average molecular weight is 402 g/mol. The van der Waals surface area contributed by atoms with Crippen molar-refractivity contribution in [3.05, 3.63) is 95.1 Å². The first-order valence-electron chi connectivity index (χ1n) is 9.22. The lowest BCUT2D eigenvalue weighted by Gasteiger charge is -2.14. The summed E-state index contributed by atoms with van der Waals surface area (Å²) < 4.78 is 16.1. The Labute approximate surface area is 175 Å². The number of carbonyl (C=O) groups excluding carboxylic acids is 1. The number of benzene rings is 1. The van der Waals surface area contributed by atoms with Crippen molar-refractivity contribution >= 4 is 29.6 Å². The van der Waals surface area contributed by atoms with Crippen molar-refractivity contribution in [1.29, 1.82) is 0 Å². The molecule has 0 aliphatic heterocycles. The topological polar surface area (TPSA) is 70.5 Å². The minimum absolute atomic E-state index is 0.374. The van der Waals surface area contributed by atoms with Gasteiger partial charge in [0.2, 0.25) is 0 Å². The number of rotatable bonds is 7. The predicted molar refractivity (Wildman–Crippen MR) is 116 cm³/mol. The molecule has 3 aromatic rings. The highest BCUT2D eigenvalue weighted by Crippen LogP contribution is 2.28. The third kappa shape index (κ3) is 4.91. The summed E-state index contributed by atoms with van der Waals surface area (Å²) >= 11 is 0. The second kappa shape index (κ2) is 10.0. The van der Waals surface area contributed by atoms with Crippen LogP contribution in [0.1, 0.15) is 32.9 Å². The molecule has 0 saturated heterocycles. The van der Waals surface area contributed by atoms with Crippen LogP contribution in [0, 0.1) is 0 Å². The number of nitrogens with zero attached hydrogens (tertiary/aromatic N) is 2. The van der Waals surface area contributed by atoms with Gasteiger partial charge in [0.15, 0.2) is 0 Å². The molecule has 0 spiro atoms. The quantitative estimate of drug-likeness (QED) is 0.426. The van der Waals surface area contributed by atoms with Gasteiger partial charge >= 0.3 is 5.97 Å². The van der Waals surface area contributed by atoms with Crippen molar-refractivity contribution in [3.63, 3.8) is 0 Å². The first kappa shape index (κ1) is 20.8. The number of ether oxygens (including phenoxy) is 3. The Kier molecular flexibility index (Phi) is 6.95. The molecule has 0 aliphatic carbocycles. The summed E-state index contributed by atoms with van der Waals surface area (Å²) in [6.45, 7) is 0. The fourth-order valence-electron chi connectivity index (χ4n) is 2.89. The van der Waals surface area contributed by atoms with E-state index >= 15 is 0 Å². The van der Waals surface area contributed by atoms with E-state index in [1.54, 1.807) is 44.8 Å². The van der Waals surface area contributed by atoms with E-state index in [2.05, 4.69) is 9.97 Å². The Hall–Kier alpha value is -3.93. The molecule has 2 heterocycles. The number of esters is 1. The van der Waals surface area contributed by atoms with Gasteiger partial charge in [0.25, 0.3) is 0 Å². The maximum atomic E-state index is 12.4. The van der Waals surface area contributed by atoms with Crippen LogP contribution in [0.15, 0.2) is 67.0 Å². The van der Waals surface area contributed by atoms with Crippen LogP contribution >= 0.6 is 0 Å².